The number of nitrogens with zero attached hydrogens (tertiary/aromatic N) is 1. The van der Waals surface area contributed by atoms with Crippen molar-refractivity contribution in [3.63, 3.8) is 0 Å². The fourth-order valence-corrected chi connectivity index (χ4v) is 4.72. The molecule has 2 heterocycles. The van der Waals surface area contributed by atoms with E-state index in [1.807, 2.05) is 48.2 Å². The molecule has 0 saturated heterocycles. The maximum Gasteiger partial charge on any atom is 0.131 e. The maximum atomic E-state index is 10.5. The van der Waals surface area contributed by atoms with E-state index >= 15 is 0 Å². The summed E-state index contributed by atoms with van der Waals surface area (Å²) in [5, 5.41) is 11.3. The van der Waals surface area contributed by atoms with Crippen LogP contribution in [0.25, 0.3) is 11.3 Å². The van der Waals surface area contributed by atoms with Gasteiger partial charge in [-0.25, -0.2) is 4.98 Å². The topological polar surface area (TPSA) is 33.1 Å². The summed E-state index contributed by atoms with van der Waals surface area (Å²) in [6.07, 6.45) is -0.640. The highest BCUT2D eigenvalue weighted by atomic mass is 32.2. The Morgan fingerprint density at radius 1 is 1.00 bits per heavy atom. The zero-order valence-electron chi connectivity index (χ0n) is 11.2. The van der Waals surface area contributed by atoms with E-state index in [9.17, 15) is 5.11 Å². The lowest BCUT2D eigenvalue weighted by Gasteiger charge is -2.13. The van der Waals surface area contributed by atoms with Crippen LogP contribution < -0.4 is 0 Å². The lowest BCUT2D eigenvalue weighted by molar-refractivity contribution is 0.220. The Bertz CT molecular complexity index is 782. The lowest BCUT2D eigenvalue weighted by Crippen LogP contribution is -1.98. The van der Waals surface area contributed by atoms with Gasteiger partial charge in [0.1, 0.15) is 11.1 Å². The molecule has 0 saturated carbocycles. The van der Waals surface area contributed by atoms with E-state index in [2.05, 4.69) is 18.2 Å². The predicted octanol–water partition coefficient (Wildman–Crippen LogP) is 4.50. The summed E-state index contributed by atoms with van der Waals surface area (Å²) in [6.45, 7) is 0. The minimum absolute atomic E-state index is 0.640. The second-order valence-corrected chi connectivity index (χ2v) is 7.05. The van der Waals surface area contributed by atoms with Crippen LogP contribution in [-0.2, 0) is 5.75 Å². The molecule has 0 radical (unpaired) electrons. The summed E-state index contributed by atoms with van der Waals surface area (Å²) in [6, 6.07) is 18.1. The number of fused-ring (bicyclic) bond motifs is 3. The number of thiazole rings is 1. The molecule has 2 nitrogen and oxygen atoms in total. The van der Waals surface area contributed by atoms with Crippen molar-refractivity contribution in [3.05, 3.63) is 70.0 Å². The summed E-state index contributed by atoms with van der Waals surface area (Å²) in [5.74, 6) is 0.936. The van der Waals surface area contributed by atoms with Gasteiger partial charge in [-0.2, -0.15) is 0 Å². The fraction of sp³-hybridized carbons (Fsp3) is 0.118. The third-order valence-corrected chi connectivity index (χ3v) is 5.95. The number of hydrogen-bond acceptors (Lipinski definition) is 4. The monoisotopic (exact) mass is 311 g/mol. The Hall–Kier alpha value is -1.62. The first kappa shape index (κ1) is 13.1. The molecule has 3 aromatic rings. The van der Waals surface area contributed by atoms with Gasteiger partial charge in [-0.3, -0.25) is 0 Å². The molecular formula is C17H13NOS2. The molecule has 1 aliphatic rings. The number of benzene rings is 2. The van der Waals surface area contributed by atoms with Gasteiger partial charge < -0.3 is 5.11 Å². The molecular weight excluding hydrogens is 298 g/mol. The third kappa shape index (κ3) is 2.29. The molecule has 1 N–H and O–H groups in total. The van der Waals surface area contributed by atoms with Gasteiger partial charge in [-0.1, -0.05) is 48.5 Å². The summed E-state index contributed by atoms with van der Waals surface area (Å²) < 4.78 is 0. The zero-order chi connectivity index (χ0) is 14.2. The SMILES string of the molecule is OC(c1ccccc1)c1nc2c(s1)CSc1ccccc1-2. The molecule has 4 rings (SSSR count). The molecule has 4 heteroatoms. The molecule has 104 valence electrons. The standard InChI is InChI=1S/C17H13NOS2/c19-16(11-6-2-1-3-7-11)17-18-15-12-8-4-5-9-13(12)20-10-14(15)21-17/h1-9,16,19H,10H2. The normalized spacial score (nSPS) is 14.3. The Morgan fingerprint density at radius 3 is 2.62 bits per heavy atom. The van der Waals surface area contributed by atoms with Crippen molar-refractivity contribution in [3.8, 4) is 11.3 Å². The van der Waals surface area contributed by atoms with Crippen LogP contribution in [0.4, 0.5) is 0 Å². The van der Waals surface area contributed by atoms with Gasteiger partial charge in [0.15, 0.2) is 0 Å². The van der Waals surface area contributed by atoms with Crippen molar-refractivity contribution in [2.75, 3.05) is 0 Å². The highest BCUT2D eigenvalue weighted by Crippen LogP contribution is 2.44. The lowest BCUT2D eigenvalue weighted by atomic mass is 10.1. The molecule has 0 aliphatic carbocycles. The average Bonchev–Trinajstić information content (AvgIpc) is 2.99. The summed E-state index contributed by atoms with van der Waals surface area (Å²) >= 11 is 3.46. The molecule has 1 unspecified atom stereocenters. The number of aliphatic hydroxyl groups excluding tert-OH is 1. The van der Waals surface area contributed by atoms with Crippen LogP contribution in [0, 0.1) is 0 Å². The number of hydrogen-bond donors (Lipinski definition) is 1. The second kappa shape index (κ2) is 5.30. The van der Waals surface area contributed by atoms with E-state index in [-0.39, 0.29) is 0 Å². The van der Waals surface area contributed by atoms with Crippen LogP contribution in [0.3, 0.4) is 0 Å². The van der Waals surface area contributed by atoms with Crippen LogP contribution >= 0.6 is 23.1 Å². The van der Waals surface area contributed by atoms with Crippen LogP contribution in [0.15, 0.2) is 59.5 Å². The molecule has 0 amide bonds. The molecule has 0 spiro atoms. The maximum absolute atomic E-state index is 10.5. The van der Waals surface area contributed by atoms with Crippen LogP contribution in [0.2, 0.25) is 0 Å². The summed E-state index contributed by atoms with van der Waals surface area (Å²) in [5.41, 5.74) is 3.12. The number of thioether (sulfide) groups is 1. The average molecular weight is 311 g/mol. The predicted molar refractivity (Wildman–Crippen MR) is 87.6 cm³/mol. The molecule has 1 aromatic heterocycles. The van der Waals surface area contributed by atoms with Crippen molar-refractivity contribution >= 4 is 23.1 Å². The van der Waals surface area contributed by atoms with E-state index in [1.165, 1.54) is 15.3 Å². The number of rotatable bonds is 2. The van der Waals surface area contributed by atoms with Crippen molar-refractivity contribution in [1.82, 2.24) is 4.98 Å². The third-order valence-electron chi connectivity index (χ3n) is 3.56. The molecule has 21 heavy (non-hydrogen) atoms. The first-order chi connectivity index (χ1) is 10.3. The smallest absolute Gasteiger partial charge is 0.131 e. The largest absolute Gasteiger partial charge is 0.381 e. The number of aromatic nitrogens is 1. The highest BCUT2D eigenvalue weighted by molar-refractivity contribution is 7.98. The van der Waals surface area contributed by atoms with Gasteiger partial charge in [-0.15, -0.1) is 23.1 Å². The highest BCUT2D eigenvalue weighted by Gasteiger charge is 2.24. The van der Waals surface area contributed by atoms with Gasteiger partial charge in [0.2, 0.25) is 0 Å². The van der Waals surface area contributed by atoms with Crippen LogP contribution in [0.1, 0.15) is 21.6 Å². The Kier molecular flexibility index (Phi) is 3.30. The van der Waals surface area contributed by atoms with E-state index in [4.69, 9.17) is 4.98 Å². The van der Waals surface area contributed by atoms with Crippen LogP contribution in [-0.4, -0.2) is 10.1 Å². The van der Waals surface area contributed by atoms with Crippen molar-refractivity contribution in [1.29, 1.82) is 0 Å². The zero-order valence-corrected chi connectivity index (χ0v) is 12.8. The van der Waals surface area contributed by atoms with Gasteiger partial charge in [-0.05, 0) is 11.6 Å². The van der Waals surface area contributed by atoms with Crippen molar-refractivity contribution in [2.24, 2.45) is 0 Å². The molecule has 0 bridgehead atoms. The number of aliphatic hydroxyl groups is 1. The van der Waals surface area contributed by atoms with E-state index in [0.717, 1.165) is 22.0 Å². The minimum atomic E-state index is -0.640. The molecule has 2 aromatic carbocycles. The van der Waals surface area contributed by atoms with Gasteiger partial charge in [0.05, 0.1) is 5.69 Å². The Labute approximate surface area is 131 Å². The quantitative estimate of drug-likeness (QED) is 0.756. The van der Waals surface area contributed by atoms with E-state index in [0.29, 0.717) is 0 Å². The van der Waals surface area contributed by atoms with Gasteiger partial charge >= 0.3 is 0 Å². The van der Waals surface area contributed by atoms with Gasteiger partial charge in [0, 0.05) is 21.1 Å². The van der Waals surface area contributed by atoms with Gasteiger partial charge in [0.25, 0.3) is 0 Å². The van der Waals surface area contributed by atoms with E-state index < -0.39 is 6.10 Å². The fourth-order valence-electron chi connectivity index (χ4n) is 2.50. The summed E-state index contributed by atoms with van der Waals surface area (Å²) in [7, 11) is 0. The summed E-state index contributed by atoms with van der Waals surface area (Å²) in [4.78, 5) is 7.25. The molecule has 1 aliphatic heterocycles. The van der Waals surface area contributed by atoms with Crippen molar-refractivity contribution < 1.29 is 5.11 Å². The minimum Gasteiger partial charge on any atom is -0.381 e. The Morgan fingerprint density at radius 2 is 1.76 bits per heavy atom. The van der Waals surface area contributed by atoms with Crippen LogP contribution in [0.5, 0.6) is 0 Å². The molecule has 0 fully saturated rings. The Balaban J connectivity index is 1.77. The second-order valence-electron chi connectivity index (χ2n) is 4.92. The van der Waals surface area contributed by atoms with E-state index in [1.54, 1.807) is 11.3 Å². The first-order valence-electron chi connectivity index (χ1n) is 6.78. The van der Waals surface area contributed by atoms with Crippen molar-refractivity contribution in [2.45, 2.75) is 16.8 Å². The molecule has 1 atom stereocenters. The first-order valence-corrected chi connectivity index (χ1v) is 8.58.